The standard InChI is InChI=1S/C30H43ClN2O2/c1-2-3-4-5-6-7-8-9-10-11-12-13-14-18-30(34)33-32-24-27-16-15-17-29(23-27)35-25-26-19-21-28(31)22-20-26/h15-17,19-24H,2-14,18,25H2,1H3,(H,33,34)/b32-24-. The van der Waals surface area contributed by atoms with Gasteiger partial charge in [0.05, 0.1) is 6.21 Å². The lowest BCUT2D eigenvalue weighted by molar-refractivity contribution is -0.121. The Labute approximate surface area is 217 Å². The summed E-state index contributed by atoms with van der Waals surface area (Å²) in [7, 11) is 0. The van der Waals surface area contributed by atoms with E-state index in [0.717, 1.165) is 29.7 Å². The molecule has 2 aromatic carbocycles. The van der Waals surface area contributed by atoms with Gasteiger partial charge < -0.3 is 4.74 Å². The zero-order valence-electron chi connectivity index (χ0n) is 21.4. The number of carbonyl (C=O) groups is 1. The minimum Gasteiger partial charge on any atom is -0.489 e. The monoisotopic (exact) mass is 498 g/mol. The van der Waals surface area contributed by atoms with Crippen molar-refractivity contribution in [2.45, 2.75) is 103 Å². The largest absolute Gasteiger partial charge is 0.489 e. The van der Waals surface area contributed by atoms with Gasteiger partial charge in [-0.1, -0.05) is 120 Å². The number of nitrogens with zero attached hydrogens (tertiary/aromatic N) is 1. The maximum atomic E-state index is 12.0. The van der Waals surface area contributed by atoms with Gasteiger partial charge >= 0.3 is 0 Å². The molecule has 0 spiro atoms. The van der Waals surface area contributed by atoms with Crippen molar-refractivity contribution >= 4 is 23.7 Å². The van der Waals surface area contributed by atoms with Crippen LogP contribution in [0.2, 0.25) is 5.02 Å². The molecule has 2 rings (SSSR count). The molecule has 4 nitrogen and oxygen atoms in total. The van der Waals surface area contributed by atoms with Gasteiger partial charge in [-0.3, -0.25) is 4.79 Å². The number of nitrogens with one attached hydrogen (secondary N) is 1. The first-order chi connectivity index (χ1) is 17.2. The summed E-state index contributed by atoms with van der Waals surface area (Å²) in [6.45, 7) is 2.73. The number of benzene rings is 2. The van der Waals surface area contributed by atoms with Crippen molar-refractivity contribution in [2.75, 3.05) is 0 Å². The van der Waals surface area contributed by atoms with E-state index in [4.69, 9.17) is 16.3 Å². The molecule has 1 amide bonds. The van der Waals surface area contributed by atoms with Crippen LogP contribution in [0.5, 0.6) is 5.75 Å². The normalized spacial score (nSPS) is 11.1. The number of ether oxygens (including phenoxy) is 1. The van der Waals surface area contributed by atoms with Crippen LogP contribution in [0, 0.1) is 0 Å². The molecule has 0 atom stereocenters. The average Bonchev–Trinajstić information content (AvgIpc) is 2.87. The Bertz CT molecular complexity index is 852. The molecular weight excluding hydrogens is 456 g/mol. The Kier molecular flexibility index (Phi) is 15.6. The fraction of sp³-hybridized carbons (Fsp3) is 0.533. The lowest BCUT2D eigenvalue weighted by Gasteiger charge is -2.07. The topological polar surface area (TPSA) is 50.7 Å². The Morgan fingerprint density at radius 2 is 1.46 bits per heavy atom. The van der Waals surface area contributed by atoms with Crippen LogP contribution in [-0.2, 0) is 11.4 Å². The Hall–Kier alpha value is -2.33. The first-order valence-corrected chi connectivity index (χ1v) is 13.8. The second-order valence-corrected chi connectivity index (χ2v) is 9.71. The number of hydrogen-bond donors (Lipinski definition) is 1. The predicted molar refractivity (Wildman–Crippen MR) is 148 cm³/mol. The van der Waals surface area contributed by atoms with Crippen LogP contribution in [0.3, 0.4) is 0 Å². The van der Waals surface area contributed by atoms with E-state index in [1.54, 1.807) is 6.21 Å². The van der Waals surface area contributed by atoms with Crippen molar-refractivity contribution in [2.24, 2.45) is 5.10 Å². The maximum Gasteiger partial charge on any atom is 0.240 e. The van der Waals surface area contributed by atoms with Gasteiger partial charge in [0, 0.05) is 11.4 Å². The Morgan fingerprint density at radius 1 is 0.857 bits per heavy atom. The van der Waals surface area contributed by atoms with E-state index in [1.165, 1.54) is 70.6 Å². The van der Waals surface area contributed by atoms with Crippen LogP contribution in [-0.4, -0.2) is 12.1 Å². The summed E-state index contributed by atoms with van der Waals surface area (Å²) in [6, 6.07) is 15.2. The van der Waals surface area contributed by atoms with Crippen molar-refractivity contribution in [1.82, 2.24) is 5.43 Å². The second kappa shape index (κ2) is 18.9. The summed E-state index contributed by atoms with van der Waals surface area (Å²) in [5, 5.41) is 4.81. The summed E-state index contributed by atoms with van der Waals surface area (Å²) in [4.78, 5) is 12.0. The molecule has 0 unspecified atom stereocenters. The van der Waals surface area contributed by atoms with Crippen LogP contribution in [0.15, 0.2) is 53.6 Å². The Morgan fingerprint density at radius 3 is 2.09 bits per heavy atom. The number of amides is 1. The van der Waals surface area contributed by atoms with Gasteiger partial charge in [-0.25, -0.2) is 5.43 Å². The SMILES string of the molecule is CCCCCCCCCCCCCCCC(=O)N/N=C\c1cccc(OCc2ccc(Cl)cc2)c1. The van der Waals surface area contributed by atoms with E-state index in [-0.39, 0.29) is 5.91 Å². The first-order valence-electron chi connectivity index (χ1n) is 13.5. The Balaban J connectivity index is 1.49. The summed E-state index contributed by atoms with van der Waals surface area (Å²) < 4.78 is 5.84. The molecule has 0 heterocycles. The molecular formula is C30H43ClN2O2. The molecule has 35 heavy (non-hydrogen) atoms. The molecule has 0 aliphatic heterocycles. The smallest absolute Gasteiger partial charge is 0.240 e. The molecule has 0 radical (unpaired) electrons. The lowest BCUT2D eigenvalue weighted by Crippen LogP contribution is -2.16. The highest BCUT2D eigenvalue weighted by molar-refractivity contribution is 6.30. The van der Waals surface area contributed by atoms with Crippen molar-refractivity contribution in [3.8, 4) is 5.75 Å². The van der Waals surface area contributed by atoms with Crippen molar-refractivity contribution in [3.05, 3.63) is 64.7 Å². The molecule has 0 aliphatic rings. The van der Waals surface area contributed by atoms with E-state index in [9.17, 15) is 4.79 Å². The minimum atomic E-state index is -0.0283. The molecule has 1 N–H and O–H groups in total. The molecule has 0 saturated carbocycles. The van der Waals surface area contributed by atoms with Gasteiger partial charge in [-0.15, -0.1) is 0 Å². The van der Waals surface area contributed by atoms with E-state index >= 15 is 0 Å². The summed E-state index contributed by atoms with van der Waals surface area (Å²) in [5.74, 6) is 0.724. The molecule has 2 aromatic rings. The molecule has 0 bridgehead atoms. The molecule has 192 valence electrons. The van der Waals surface area contributed by atoms with Crippen LogP contribution in [0.1, 0.15) is 108 Å². The number of rotatable bonds is 19. The van der Waals surface area contributed by atoms with Gasteiger partial charge in [-0.05, 0) is 41.8 Å². The van der Waals surface area contributed by atoms with E-state index < -0.39 is 0 Å². The quantitative estimate of drug-likeness (QED) is 0.119. The van der Waals surface area contributed by atoms with E-state index in [1.807, 2.05) is 48.5 Å². The predicted octanol–water partition coefficient (Wildman–Crippen LogP) is 8.85. The van der Waals surface area contributed by atoms with Crippen LogP contribution < -0.4 is 10.2 Å². The third-order valence-electron chi connectivity index (χ3n) is 6.09. The van der Waals surface area contributed by atoms with Crippen LogP contribution >= 0.6 is 11.6 Å². The average molecular weight is 499 g/mol. The van der Waals surface area contributed by atoms with E-state index in [2.05, 4.69) is 17.5 Å². The maximum absolute atomic E-state index is 12.0. The fourth-order valence-corrected chi connectivity index (χ4v) is 4.10. The number of unbranched alkanes of at least 4 members (excludes halogenated alkanes) is 12. The summed E-state index contributed by atoms with van der Waals surface area (Å²) in [5.41, 5.74) is 4.56. The zero-order chi connectivity index (χ0) is 25.0. The molecule has 5 heteroatoms. The summed E-state index contributed by atoms with van der Waals surface area (Å²) >= 11 is 5.92. The molecule has 0 saturated heterocycles. The second-order valence-electron chi connectivity index (χ2n) is 9.27. The van der Waals surface area contributed by atoms with Gasteiger partial charge in [0.1, 0.15) is 12.4 Å². The number of carbonyl (C=O) groups excluding carboxylic acids is 1. The summed E-state index contributed by atoms with van der Waals surface area (Å²) in [6.07, 6.45) is 19.1. The van der Waals surface area contributed by atoms with Crippen molar-refractivity contribution < 1.29 is 9.53 Å². The first kappa shape index (κ1) is 28.9. The molecule has 0 aromatic heterocycles. The molecule has 0 aliphatic carbocycles. The van der Waals surface area contributed by atoms with Gasteiger partial charge in [0.15, 0.2) is 0 Å². The van der Waals surface area contributed by atoms with Gasteiger partial charge in [0.2, 0.25) is 5.91 Å². The zero-order valence-corrected chi connectivity index (χ0v) is 22.2. The highest BCUT2D eigenvalue weighted by Gasteiger charge is 2.01. The fourth-order valence-electron chi connectivity index (χ4n) is 3.97. The van der Waals surface area contributed by atoms with Gasteiger partial charge in [0.25, 0.3) is 0 Å². The highest BCUT2D eigenvalue weighted by Crippen LogP contribution is 2.16. The third kappa shape index (κ3) is 14.6. The van der Waals surface area contributed by atoms with Gasteiger partial charge in [-0.2, -0.15) is 5.10 Å². The van der Waals surface area contributed by atoms with Crippen LogP contribution in [0.25, 0.3) is 0 Å². The van der Waals surface area contributed by atoms with E-state index in [0.29, 0.717) is 18.1 Å². The molecule has 0 fully saturated rings. The van der Waals surface area contributed by atoms with Crippen molar-refractivity contribution in [1.29, 1.82) is 0 Å². The van der Waals surface area contributed by atoms with Crippen LogP contribution in [0.4, 0.5) is 0 Å². The number of hydrogen-bond acceptors (Lipinski definition) is 3. The number of hydrazone groups is 1. The highest BCUT2D eigenvalue weighted by atomic mass is 35.5. The minimum absolute atomic E-state index is 0.0283. The number of halogens is 1. The third-order valence-corrected chi connectivity index (χ3v) is 6.34. The van der Waals surface area contributed by atoms with Crippen molar-refractivity contribution in [3.63, 3.8) is 0 Å². The lowest BCUT2D eigenvalue weighted by atomic mass is 10.0.